The molecule has 0 spiro atoms. The molecule has 1 heterocycles. The van der Waals surface area contributed by atoms with Gasteiger partial charge in [0.25, 0.3) is 0 Å². The van der Waals surface area contributed by atoms with E-state index in [2.05, 4.69) is 6.58 Å². The maximum Gasteiger partial charge on any atom is 0.347 e. The predicted molar refractivity (Wildman–Crippen MR) is 79.7 cm³/mol. The Bertz CT molecular complexity index is 601. The van der Waals surface area contributed by atoms with Crippen LogP contribution in [0.5, 0.6) is 5.75 Å². The third-order valence-electron chi connectivity index (χ3n) is 3.62. The van der Waals surface area contributed by atoms with Gasteiger partial charge in [0, 0.05) is 12.0 Å². The minimum Gasteiger partial charge on any atom is -0.478 e. The first-order chi connectivity index (χ1) is 9.97. The van der Waals surface area contributed by atoms with Crippen molar-refractivity contribution >= 4 is 11.8 Å². The number of aryl methyl sites for hydroxylation is 1. The number of fused-ring (bicyclic) bond motifs is 1. The first-order valence-corrected chi connectivity index (χ1v) is 7.17. The highest BCUT2D eigenvalue weighted by molar-refractivity contribution is 6.09. The molecule has 0 saturated carbocycles. The average molecular weight is 288 g/mol. The highest BCUT2D eigenvalue weighted by atomic mass is 16.6. The van der Waals surface area contributed by atoms with Crippen molar-refractivity contribution in [1.29, 1.82) is 0 Å². The van der Waals surface area contributed by atoms with E-state index < -0.39 is 6.10 Å². The third-order valence-corrected chi connectivity index (χ3v) is 3.62. The third kappa shape index (κ3) is 2.99. The molecule has 1 atom stereocenters. The highest BCUT2D eigenvalue weighted by Crippen LogP contribution is 2.33. The quantitative estimate of drug-likeness (QED) is 0.475. The van der Waals surface area contributed by atoms with Crippen molar-refractivity contribution in [2.45, 2.75) is 39.7 Å². The number of Topliss-reactive ketones (excluding diaryl/α,β-unsaturated/α-hetero) is 1. The summed E-state index contributed by atoms with van der Waals surface area (Å²) in [7, 11) is 0. The molecule has 0 saturated heterocycles. The Kier molecular flexibility index (Phi) is 4.46. The van der Waals surface area contributed by atoms with Gasteiger partial charge in [-0.05, 0) is 49.1 Å². The number of ether oxygens (including phenoxy) is 2. The Labute approximate surface area is 124 Å². The van der Waals surface area contributed by atoms with E-state index in [1.807, 2.05) is 26.0 Å². The fraction of sp³-hybridized carbons (Fsp3) is 0.412. The Morgan fingerprint density at radius 2 is 2.10 bits per heavy atom. The molecule has 1 unspecified atom stereocenters. The van der Waals surface area contributed by atoms with Gasteiger partial charge in [0.15, 0.2) is 11.9 Å². The molecule has 1 aliphatic heterocycles. The average Bonchev–Trinajstić information content (AvgIpc) is 2.87. The van der Waals surface area contributed by atoms with Crippen molar-refractivity contribution < 1.29 is 19.1 Å². The fourth-order valence-electron chi connectivity index (χ4n) is 2.35. The summed E-state index contributed by atoms with van der Waals surface area (Å²) in [4.78, 5) is 24.0. The smallest absolute Gasteiger partial charge is 0.347 e. The molecule has 1 aromatic rings. The van der Waals surface area contributed by atoms with Crippen LogP contribution in [-0.2, 0) is 16.0 Å². The summed E-state index contributed by atoms with van der Waals surface area (Å²) in [6.07, 6.45) is 0.448. The second-order valence-electron chi connectivity index (χ2n) is 5.12. The second-order valence-corrected chi connectivity index (χ2v) is 5.12. The zero-order valence-corrected chi connectivity index (χ0v) is 12.7. The number of allylic oxidation sites excluding steroid dienone is 1. The molecule has 0 radical (unpaired) electrons. The van der Waals surface area contributed by atoms with Crippen molar-refractivity contribution in [3.8, 4) is 5.75 Å². The maximum absolute atomic E-state index is 12.3. The number of carbonyl (C=O) groups is 2. The van der Waals surface area contributed by atoms with Crippen LogP contribution in [0.15, 0.2) is 24.3 Å². The number of ketones is 1. The van der Waals surface area contributed by atoms with E-state index in [1.165, 1.54) is 0 Å². The Morgan fingerprint density at radius 1 is 1.38 bits per heavy atom. The van der Waals surface area contributed by atoms with E-state index in [4.69, 9.17) is 9.47 Å². The molecule has 0 aliphatic carbocycles. The number of hydrogen-bond donors (Lipinski definition) is 0. The molecular weight excluding hydrogens is 268 g/mol. The van der Waals surface area contributed by atoms with Gasteiger partial charge in [0.05, 0.1) is 6.61 Å². The molecule has 112 valence electrons. The molecule has 1 aromatic carbocycles. The van der Waals surface area contributed by atoms with Crippen LogP contribution in [0.4, 0.5) is 0 Å². The lowest BCUT2D eigenvalue weighted by Gasteiger charge is -2.10. The topological polar surface area (TPSA) is 52.6 Å². The van der Waals surface area contributed by atoms with Crippen molar-refractivity contribution in [3.63, 3.8) is 0 Å². The lowest BCUT2D eigenvalue weighted by molar-refractivity contribution is -0.150. The van der Waals surface area contributed by atoms with Crippen LogP contribution < -0.4 is 4.74 Å². The van der Waals surface area contributed by atoms with Gasteiger partial charge >= 0.3 is 5.97 Å². The standard InChI is InChI=1S/C17H20O4/c1-5-10(3)16(18)13-8-12-9-15(17(19)20-6-2)21-14(12)7-11(13)4/h7-8,15H,3,5-6,9H2,1-2,4H3. The van der Waals surface area contributed by atoms with Gasteiger partial charge in [-0.3, -0.25) is 4.79 Å². The van der Waals surface area contributed by atoms with E-state index >= 15 is 0 Å². The minimum absolute atomic E-state index is 0.0441. The number of hydrogen-bond acceptors (Lipinski definition) is 4. The molecule has 4 nitrogen and oxygen atoms in total. The summed E-state index contributed by atoms with van der Waals surface area (Å²) in [6.45, 7) is 9.65. The van der Waals surface area contributed by atoms with E-state index in [0.717, 1.165) is 11.1 Å². The summed E-state index contributed by atoms with van der Waals surface area (Å²) in [5.74, 6) is 0.249. The van der Waals surface area contributed by atoms with Crippen LogP contribution in [0.25, 0.3) is 0 Å². The molecule has 4 heteroatoms. The summed E-state index contributed by atoms with van der Waals surface area (Å²) >= 11 is 0. The molecule has 1 aliphatic rings. The minimum atomic E-state index is -0.612. The van der Waals surface area contributed by atoms with Crippen molar-refractivity contribution in [2.24, 2.45) is 0 Å². The van der Waals surface area contributed by atoms with Crippen molar-refractivity contribution in [1.82, 2.24) is 0 Å². The number of carbonyl (C=O) groups excluding carboxylic acids is 2. The summed E-state index contributed by atoms with van der Waals surface area (Å²) in [6, 6.07) is 3.62. The lowest BCUT2D eigenvalue weighted by atomic mass is 9.95. The Morgan fingerprint density at radius 3 is 2.71 bits per heavy atom. The van der Waals surface area contributed by atoms with Gasteiger partial charge in [-0.15, -0.1) is 0 Å². The zero-order valence-electron chi connectivity index (χ0n) is 12.7. The molecule has 2 rings (SSSR count). The normalized spacial score (nSPS) is 16.0. The summed E-state index contributed by atoms with van der Waals surface area (Å²) in [5.41, 5.74) is 2.91. The number of esters is 1. The van der Waals surface area contributed by atoms with E-state index in [1.54, 1.807) is 6.92 Å². The lowest BCUT2D eigenvalue weighted by Crippen LogP contribution is -2.27. The van der Waals surface area contributed by atoms with Gasteiger partial charge in [-0.2, -0.15) is 0 Å². The van der Waals surface area contributed by atoms with Crippen LogP contribution in [0.3, 0.4) is 0 Å². The molecule has 0 aromatic heterocycles. The van der Waals surface area contributed by atoms with Gasteiger partial charge in [-0.25, -0.2) is 4.79 Å². The van der Waals surface area contributed by atoms with Gasteiger partial charge in [0.2, 0.25) is 0 Å². The number of rotatable bonds is 5. The van der Waals surface area contributed by atoms with E-state index in [-0.39, 0.29) is 11.8 Å². The Hall–Kier alpha value is -2.10. The number of benzene rings is 1. The van der Waals surface area contributed by atoms with Crippen LogP contribution in [0, 0.1) is 6.92 Å². The Balaban J connectivity index is 2.26. The van der Waals surface area contributed by atoms with Gasteiger partial charge < -0.3 is 9.47 Å². The van der Waals surface area contributed by atoms with Crippen LogP contribution in [0.1, 0.15) is 41.8 Å². The van der Waals surface area contributed by atoms with Crippen LogP contribution in [-0.4, -0.2) is 24.5 Å². The molecule has 0 amide bonds. The van der Waals surface area contributed by atoms with Crippen LogP contribution in [0.2, 0.25) is 0 Å². The fourth-order valence-corrected chi connectivity index (χ4v) is 2.35. The SMILES string of the molecule is C=C(CC)C(=O)c1cc2c(cc1C)OC(C(=O)OCC)C2. The largest absolute Gasteiger partial charge is 0.478 e. The molecule has 0 bridgehead atoms. The molecule has 0 fully saturated rings. The second kappa shape index (κ2) is 6.12. The van der Waals surface area contributed by atoms with Crippen molar-refractivity contribution in [3.05, 3.63) is 41.0 Å². The molecular formula is C17H20O4. The maximum atomic E-state index is 12.3. The van der Waals surface area contributed by atoms with Crippen LogP contribution >= 0.6 is 0 Å². The first kappa shape index (κ1) is 15.3. The van der Waals surface area contributed by atoms with Gasteiger partial charge in [-0.1, -0.05) is 13.5 Å². The zero-order chi connectivity index (χ0) is 15.6. The van der Waals surface area contributed by atoms with Crippen molar-refractivity contribution in [2.75, 3.05) is 6.61 Å². The predicted octanol–water partition coefficient (Wildman–Crippen LogP) is 3.01. The molecule has 0 N–H and O–H groups in total. The summed E-state index contributed by atoms with van der Waals surface area (Å²) < 4.78 is 10.6. The highest BCUT2D eigenvalue weighted by Gasteiger charge is 2.31. The molecule has 21 heavy (non-hydrogen) atoms. The summed E-state index contributed by atoms with van der Waals surface area (Å²) in [5, 5.41) is 0. The van der Waals surface area contributed by atoms with E-state index in [9.17, 15) is 9.59 Å². The first-order valence-electron chi connectivity index (χ1n) is 7.17. The van der Waals surface area contributed by atoms with E-state index in [0.29, 0.717) is 36.3 Å². The van der Waals surface area contributed by atoms with Gasteiger partial charge in [0.1, 0.15) is 5.75 Å². The monoisotopic (exact) mass is 288 g/mol.